The molecular formula is C59H39N. The molecule has 0 saturated carbocycles. The van der Waals surface area contributed by atoms with Crippen LogP contribution in [0.2, 0.25) is 0 Å². The lowest BCUT2D eigenvalue weighted by Gasteiger charge is -2.32. The van der Waals surface area contributed by atoms with Crippen molar-refractivity contribution >= 4 is 27.8 Å². The Morgan fingerprint density at radius 3 is 1.37 bits per heavy atom. The van der Waals surface area contributed by atoms with Crippen molar-refractivity contribution in [3.05, 3.63) is 259 Å². The average molecular weight is 762 g/mol. The third-order valence-electron chi connectivity index (χ3n) is 12.9. The predicted molar refractivity (Wildman–Crippen MR) is 251 cm³/mol. The number of hydrogen-bond donors (Lipinski definition) is 0. The van der Waals surface area contributed by atoms with Gasteiger partial charge < -0.3 is 4.90 Å². The maximum absolute atomic E-state index is 2.50. The topological polar surface area (TPSA) is 3.24 Å². The van der Waals surface area contributed by atoms with Gasteiger partial charge in [-0.3, -0.25) is 0 Å². The Hall–Kier alpha value is -7.74. The van der Waals surface area contributed by atoms with Crippen LogP contribution in [0.1, 0.15) is 22.3 Å². The van der Waals surface area contributed by atoms with E-state index in [1.54, 1.807) is 0 Å². The van der Waals surface area contributed by atoms with Crippen LogP contribution in [0.4, 0.5) is 17.1 Å². The van der Waals surface area contributed by atoms with Gasteiger partial charge in [0.15, 0.2) is 0 Å². The third kappa shape index (κ3) is 5.13. The van der Waals surface area contributed by atoms with Crippen LogP contribution in [0.25, 0.3) is 66.4 Å². The van der Waals surface area contributed by atoms with Crippen molar-refractivity contribution < 1.29 is 0 Å². The summed E-state index contributed by atoms with van der Waals surface area (Å²) in [5, 5.41) is 2.50. The van der Waals surface area contributed by atoms with Gasteiger partial charge in [0, 0.05) is 16.9 Å². The molecule has 280 valence electrons. The predicted octanol–water partition coefficient (Wildman–Crippen LogP) is 15.7. The minimum atomic E-state index is -0.486. The highest BCUT2D eigenvalue weighted by Crippen LogP contribution is 2.65. The minimum absolute atomic E-state index is 0.486. The molecule has 1 nitrogen and oxygen atoms in total. The number of nitrogens with zero attached hydrogens (tertiary/aromatic N) is 1. The second kappa shape index (κ2) is 13.7. The molecule has 2 aliphatic rings. The molecule has 0 heterocycles. The normalized spacial score (nSPS) is 12.8. The Bertz CT molecular complexity index is 3180. The number of benzene rings is 10. The molecule has 0 saturated heterocycles. The highest BCUT2D eigenvalue weighted by molar-refractivity contribution is 6.03. The molecule has 60 heavy (non-hydrogen) atoms. The van der Waals surface area contributed by atoms with E-state index in [1.807, 2.05) is 0 Å². The summed E-state index contributed by atoms with van der Waals surface area (Å²) in [6, 6.07) is 87.4. The van der Waals surface area contributed by atoms with E-state index < -0.39 is 5.41 Å². The standard InChI is InChI=1S/C59H39N/c1-3-16-40(17-4-1)42-30-34-46(35-31-42)60(47-36-32-44(33-37-47)49-26-15-21-43-20-7-8-22-48(43)49)57-39-45(41-18-5-2-6-19-41)38-56-58(57)52-25-11-14-29-55(52)59(56)53-27-12-9-23-50(53)51-24-10-13-28-54(51)59/h1-39H. The summed E-state index contributed by atoms with van der Waals surface area (Å²) in [5.74, 6) is 0. The minimum Gasteiger partial charge on any atom is -0.310 e. The molecule has 1 heteroatoms. The van der Waals surface area contributed by atoms with Crippen molar-refractivity contribution in [1.82, 2.24) is 0 Å². The number of hydrogen-bond acceptors (Lipinski definition) is 1. The van der Waals surface area contributed by atoms with Crippen molar-refractivity contribution in [2.24, 2.45) is 0 Å². The zero-order valence-electron chi connectivity index (χ0n) is 33.0. The molecule has 0 aliphatic heterocycles. The Kier molecular flexibility index (Phi) is 7.83. The fourth-order valence-electron chi connectivity index (χ4n) is 10.3. The third-order valence-corrected chi connectivity index (χ3v) is 12.9. The molecule has 2 aliphatic carbocycles. The maximum Gasteiger partial charge on any atom is 0.0726 e. The first-order valence-electron chi connectivity index (χ1n) is 20.8. The first-order valence-corrected chi connectivity index (χ1v) is 20.8. The van der Waals surface area contributed by atoms with Crippen molar-refractivity contribution in [3.8, 4) is 55.6 Å². The van der Waals surface area contributed by atoms with E-state index in [4.69, 9.17) is 0 Å². The number of fused-ring (bicyclic) bond motifs is 11. The van der Waals surface area contributed by atoms with Gasteiger partial charge in [-0.15, -0.1) is 0 Å². The van der Waals surface area contributed by atoms with E-state index in [9.17, 15) is 0 Å². The Labute approximate surface area is 351 Å². The largest absolute Gasteiger partial charge is 0.310 e. The SMILES string of the molecule is c1ccc(-c2ccc(N(c3ccc(-c4cccc5ccccc45)cc3)c3cc(-c4ccccc4)cc4c3-c3ccccc3C43c4ccccc4-c4ccccc43)cc2)cc1. The fourth-order valence-corrected chi connectivity index (χ4v) is 10.3. The molecule has 0 bridgehead atoms. The number of rotatable bonds is 6. The van der Waals surface area contributed by atoms with Crippen LogP contribution in [0, 0.1) is 0 Å². The summed E-state index contributed by atoms with van der Waals surface area (Å²) < 4.78 is 0. The van der Waals surface area contributed by atoms with E-state index >= 15 is 0 Å². The van der Waals surface area contributed by atoms with Crippen LogP contribution in [0.15, 0.2) is 237 Å². The van der Waals surface area contributed by atoms with Gasteiger partial charge in [0.05, 0.1) is 11.1 Å². The first kappa shape index (κ1) is 34.3. The highest BCUT2D eigenvalue weighted by atomic mass is 15.1. The molecule has 0 radical (unpaired) electrons. The molecule has 0 amide bonds. The zero-order valence-corrected chi connectivity index (χ0v) is 33.0. The van der Waals surface area contributed by atoms with Crippen molar-refractivity contribution in [2.75, 3.05) is 4.90 Å². The first-order chi connectivity index (χ1) is 29.8. The van der Waals surface area contributed by atoms with Crippen molar-refractivity contribution in [2.45, 2.75) is 5.41 Å². The van der Waals surface area contributed by atoms with E-state index in [1.165, 1.54) is 88.7 Å². The summed E-state index contributed by atoms with van der Waals surface area (Å²) in [6.07, 6.45) is 0. The fraction of sp³-hybridized carbons (Fsp3) is 0.0169. The van der Waals surface area contributed by atoms with Crippen molar-refractivity contribution in [3.63, 3.8) is 0 Å². The molecule has 0 unspecified atom stereocenters. The average Bonchev–Trinajstić information content (AvgIpc) is 3.80. The molecule has 0 atom stereocenters. The smallest absolute Gasteiger partial charge is 0.0726 e. The summed E-state index contributed by atoms with van der Waals surface area (Å²) in [4.78, 5) is 2.50. The molecule has 0 aromatic heterocycles. The van der Waals surface area contributed by atoms with Crippen LogP contribution < -0.4 is 4.90 Å². The molecule has 0 fully saturated rings. The van der Waals surface area contributed by atoms with E-state index in [2.05, 4.69) is 241 Å². The molecule has 1 spiro atoms. The lowest BCUT2D eigenvalue weighted by Crippen LogP contribution is -2.26. The van der Waals surface area contributed by atoms with Gasteiger partial charge in [0.25, 0.3) is 0 Å². The Morgan fingerprint density at radius 1 is 0.283 bits per heavy atom. The van der Waals surface area contributed by atoms with Crippen LogP contribution >= 0.6 is 0 Å². The highest BCUT2D eigenvalue weighted by Gasteiger charge is 2.52. The summed E-state index contributed by atoms with van der Waals surface area (Å²) in [6.45, 7) is 0. The summed E-state index contributed by atoms with van der Waals surface area (Å²) in [7, 11) is 0. The lowest BCUT2D eigenvalue weighted by atomic mass is 9.70. The van der Waals surface area contributed by atoms with Crippen LogP contribution in [0.5, 0.6) is 0 Å². The molecule has 12 rings (SSSR count). The monoisotopic (exact) mass is 761 g/mol. The van der Waals surface area contributed by atoms with Gasteiger partial charge in [0.2, 0.25) is 0 Å². The zero-order chi connectivity index (χ0) is 39.6. The van der Waals surface area contributed by atoms with Crippen LogP contribution in [-0.4, -0.2) is 0 Å². The molecule has 10 aromatic rings. The second-order valence-corrected chi connectivity index (χ2v) is 16.0. The van der Waals surface area contributed by atoms with Gasteiger partial charge >= 0.3 is 0 Å². The van der Waals surface area contributed by atoms with Gasteiger partial charge in [-0.2, -0.15) is 0 Å². The Balaban J connectivity index is 1.15. The Morgan fingerprint density at radius 2 is 0.733 bits per heavy atom. The summed E-state index contributed by atoms with van der Waals surface area (Å²) >= 11 is 0. The second-order valence-electron chi connectivity index (χ2n) is 16.0. The van der Waals surface area contributed by atoms with E-state index in [-0.39, 0.29) is 0 Å². The molecule has 0 N–H and O–H groups in total. The lowest BCUT2D eigenvalue weighted by molar-refractivity contribution is 0.794. The van der Waals surface area contributed by atoms with E-state index in [0.717, 1.165) is 17.1 Å². The maximum atomic E-state index is 2.50. The van der Waals surface area contributed by atoms with Gasteiger partial charge in [-0.25, -0.2) is 0 Å². The summed E-state index contributed by atoms with van der Waals surface area (Å²) in [5.41, 5.74) is 20.6. The van der Waals surface area contributed by atoms with Gasteiger partial charge in [-0.1, -0.05) is 200 Å². The van der Waals surface area contributed by atoms with E-state index in [0.29, 0.717) is 0 Å². The van der Waals surface area contributed by atoms with Crippen LogP contribution in [0.3, 0.4) is 0 Å². The number of anilines is 3. The molecule has 10 aromatic carbocycles. The van der Waals surface area contributed by atoms with Gasteiger partial charge in [-0.05, 0) is 119 Å². The molecular weight excluding hydrogens is 723 g/mol. The van der Waals surface area contributed by atoms with Crippen LogP contribution in [-0.2, 0) is 5.41 Å². The quantitative estimate of drug-likeness (QED) is 0.163. The van der Waals surface area contributed by atoms with Crippen molar-refractivity contribution in [1.29, 1.82) is 0 Å². The van der Waals surface area contributed by atoms with Gasteiger partial charge in [0.1, 0.15) is 0 Å².